The highest BCUT2D eigenvalue weighted by atomic mass is 32.1. The lowest BCUT2D eigenvalue weighted by molar-refractivity contribution is -0.142. The minimum absolute atomic E-state index is 0.0300. The van der Waals surface area contributed by atoms with Crippen LogP contribution in [0.2, 0.25) is 0 Å². The van der Waals surface area contributed by atoms with Gasteiger partial charge < -0.3 is 5.11 Å². The summed E-state index contributed by atoms with van der Waals surface area (Å²) in [7, 11) is 0. The molecule has 3 unspecified atom stereocenters. The summed E-state index contributed by atoms with van der Waals surface area (Å²) in [4.78, 5) is 28.5. The average Bonchev–Trinajstić information content (AvgIpc) is 3.66. The van der Waals surface area contributed by atoms with Crippen molar-refractivity contribution >= 4 is 28.3 Å². The highest BCUT2D eigenvalue weighted by Gasteiger charge is 2.46. The van der Waals surface area contributed by atoms with Crippen LogP contribution in [0.25, 0.3) is 10.6 Å². The molecule has 3 heterocycles. The van der Waals surface area contributed by atoms with Crippen molar-refractivity contribution < 1.29 is 19.1 Å². The second kappa shape index (κ2) is 11.7. The molecule has 1 amide bonds. The molecule has 1 aromatic heterocycles. The van der Waals surface area contributed by atoms with E-state index in [1.165, 1.54) is 33.9 Å². The molecule has 1 N–H and O–H groups in total. The third-order valence-corrected chi connectivity index (χ3v) is 8.83. The topological polar surface area (TPSA) is 86.6 Å². The van der Waals surface area contributed by atoms with Gasteiger partial charge in [-0.05, 0) is 68.7 Å². The van der Waals surface area contributed by atoms with Crippen LogP contribution in [0.15, 0.2) is 48.5 Å². The fourth-order valence-corrected chi connectivity index (χ4v) is 6.70. The van der Waals surface area contributed by atoms with Gasteiger partial charge in [0, 0.05) is 18.2 Å². The van der Waals surface area contributed by atoms with E-state index in [9.17, 15) is 19.1 Å². The smallest absolute Gasteiger partial charge is 0.320 e. The quantitative estimate of drug-likeness (QED) is 0.360. The number of hydrogen-bond acceptors (Lipinski definition) is 6. The van der Waals surface area contributed by atoms with Crippen LogP contribution in [0.3, 0.4) is 0 Å². The Labute approximate surface area is 226 Å². The van der Waals surface area contributed by atoms with E-state index in [-0.39, 0.29) is 11.6 Å². The number of carboxylic acids is 1. The summed E-state index contributed by atoms with van der Waals surface area (Å²) >= 11 is 1.33. The molecule has 0 aliphatic carbocycles. The summed E-state index contributed by atoms with van der Waals surface area (Å²) in [5.41, 5.74) is 2.16. The van der Waals surface area contributed by atoms with Gasteiger partial charge in [-0.1, -0.05) is 61.1 Å². The second-order valence-corrected chi connectivity index (χ2v) is 11.2. The number of unbranched alkanes of at least 4 members (excludes halogenated alkanes) is 1. The first kappa shape index (κ1) is 26.4. The summed E-state index contributed by atoms with van der Waals surface area (Å²) in [6, 6.07) is 14.3. The van der Waals surface area contributed by atoms with Gasteiger partial charge in [0.05, 0.1) is 5.56 Å². The largest absolute Gasteiger partial charge is 0.480 e. The molecule has 5 rings (SSSR count). The van der Waals surface area contributed by atoms with Crippen molar-refractivity contribution in [2.75, 3.05) is 18.0 Å². The van der Waals surface area contributed by atoms with Crippen molar-refractivity contribution in [3.05, 3.63) is 65.5 Å². The van der Waals surface area contributed by atoms with E-state index >= 15 is 0 Å². The van der Waals surface area contributed by atoms with Gasteiger partial charge >= 0.3 is 5.97 Å². The maximum Gasteiger partial charge on any atom is 0.320 e. The van der Waals surface area contributed by atoms with Gasteiger partial charge in [-0.2, -0.15) is 0 Å². The number of rotatable bonds is 10. The molecule has 7 nitrogen and oxygen atoms in total. The first-order chi connectivity index (χ1) is 18.5. The van der Waals surface area contributed by atoms with Crippen molar-refractivity contribution in [2.45, 2.75) is 64.0 Å². The lowest BCUT2D eigenvalue weighted by Gasteiger charge is -2.21. The molecule has 9 heteroatoms. The zero-order valence-corrected chi connectivity index (χ0v) is 22.4. The maximum atomic E-state index is 14.3. The highest BCUT2D eigenvalue weighted by Crippen LogP contribution is 2.39. The number of amides is 1. The second-order valence-electron chi connectivity index (χ2n) is 10.2. The molecule has 2 aliphatic rings. The fourth-order valence-electron chi connectivity index (χ4n) is 5.83. The van der Waals surface area contributed by atoms with E-state index in [0.717, 1.165) is 57.1 Å². The Kier molecular flexibility index (Phi) is 8.14. The fraction of sp³-hybridized carbons (Fsp3) is 0.448. The maximum absolute atomic E-state index is 14.3. The van der Waals surface area contributed by atoms with E-state index < -0.39 is 17.7 Å². The molecule has 0 saturated carbocycles. The minimum atomic E-state index is -0.691. The van der Waals surface area contributed by atoms with Gasteiger partial charge in [-0.15, -0.1) is 10.2 Å². The van der Waals surface area contributed by atoms with Crippen LogP contribution in [0, 0.1) is 11.7 Å². The van der Waals surface area contributed by atoms with Crippen molar-refractivity contribution in [1.29, 1.82) is 0 Å². The van der Waals surface area contributed by atoms with E-state index in [0.29, 0.717) is 28.6 Å². The van der Waals surface area contributed by atoms with Crippen molar-refractivity contribution in [2.24, 2.45) is 5.92 Å². The molecular weight excluding hydrogens is 503 g/mol. The van der Waals surface area contributed by atoms with E-state index in [2.05, 4.69) is 27.2 Å². The Balaban J connectivity index is 1.25. The third kappa shape index (κ3) is 5.49. The monoisotopic (exact) mass is 536 g/mol. The van der Waals surface area contributed by atoms with Gasteiger partial charge in [0.25, 0.3) is 5.91 Å². The molecule has 2 aromatic carbocycles. The van der Waals surface area contributed by atoms with Gasteiger partial charge in [0.1, 0.15) is 16.9 Å². The molecule has 200 valence electrons. The number of carbonyl (C=O) groups is 2. The summed E-state index contributed by atoms with van der Waals surface area (Å²) < 4.78 is 14.3. The number of carboxylic acid groups (broad SMARTS) is 1. The number of carbonyl (C=O) groups excluding carboxylic acids is 1. The van der Waals surface area contributed by atoms with Crippen LogP contribution in [-0.2, 0) is 11.2 Å². The van der Waals surface area contributed by atoms with Crippen LogP contribution < -0.4 is 4.90 Å². The molecule has 38 heavy (non-hydrogen) atoms. The predicted molar refractivity (Wildman–Crippen MR) is 146 cm³/mol. The van der Waals surface area contributed by atoms with Crippen molar-refractivity contribution in [1.82, 2.24) is 15.1 Å². The molecule has 0 spiro atoms. The number of aliphatic carboxylic acids is 1. The summed E-state index contributed by atoms with van der Waals surface area (Å²) in [5, 5.41) is 19.4. The number of fused-ring (bicyclic) bond motifs is 1. The lowest BCUT2D eigenvalue weighted by atomic mass is 9.90. The SMILES string of the molecule is CCCCN(C(=O)c1ccccc1F)c1nnc(-c2ccc(CCC3CC(C(=O)O)N4CCCC34)cc2)s1. The molecule has 2 saturated heterocycles. The number of hydrogen-bond donors (Lipinski definition) is 1. The van der Waals surface area contributed by atoms with Crippen LogP contribution in [0.4, 0.5) is 9.52 Å². The molecule has 2 aliphatic heterocycles. The van der Waals surface area contributed by atoms with Crippen LogP contribution in [-0.4, -0.2) is 57.3 Å². The van der Waals surface area contributed by atoms with Gasteiger partial charge in [-0.3, -0.25) is 19.4 Å². The first-order valence-electron chi connectivity index (χ1n) is 13.4. The number of aryl methyl sites for hydroxylation is 1. The van der Waals surface area contributed by atoms with Crippen molar-refractivity contribution in [3.8, 4) is 10.6 Å². The average molecular weight is 537 g/mol. The Bertz CT molecular complexity index is 1280. The van der Waals surface area contributed by atoms with Crippen LogP contribution in [0.5, 0.6) is 0 Å². The Morgan fingerprint density at radius 2 is 1.95 bits per heavy atom. The van der Waals surface area contributed by atoms with E-state index in [4.69, 9.17) is 0 Å². The van der Waals surface area contributed by atoms with Crippen LogP contribution >= 0.6 is 11.3 Å². The minimum Gasteiger partial charge on any atom is -0.480 e. The van der Waals surface area contributed by atoms with Crippen LogP contribution in [0.1, 0.15) is 61.4 Å². The molecule has 0 radical (unpaired) electrons. The molecule has 0 bridgehead atoms. The summed E-state index contributed by atoms with van der Waals surface area (Å²) in [6.07, 6.45) is 6.49. The predicted octanol–water partition coefficient (Wildman–Crippen LogP) is 5.66. The highest BCUT2D eigenvalue weighted by molar-refractivity contribution is 7.18. The van der Waals surface area contributed by atoms with Gasteiger partial charge in [0.15, 0.2) is 0 Å². The Hall–Kier alpha value is -3.17. The zero-order chi connectivity index (χ0) is 26.6. The zero-order valence-electron chi connectivity index (χ0n) is 21.6. The molecule has 3 aromatic rings. The number of benzene rings is 2. The Morgan fingerprint density at radius 1 is 1.16 bits per heavy atom. The summed E-state index contributed by atoms with van der Waals surface area (Å²) in [6.45, 7) is 3.39. The molecule has 3 atom stereocenters. The lowest BCUT2D eigenvalue weighted by Crippen LogP contribution is -2.37. The Morgan fingerprint density at radius 3 is 2.68 bits per heavy atom. The van der Waals surface area contributed by atoms with Gasteiger partial charge in [0.2, 0.25) is 5.13 Å². The summed E-state index contributed by atoms with van der Waals surface area (Å²) in [5.74, 6) is -1.22. The van der Waals surface area contributed by atoms with E-state index in [1.807, 2.05) is 19.1 Å². The van der Waals surface area contributed by atoms with Gasteiger partial charge in [-0.25, -0.2) is 4.39 Å². The van der Waals surface area contributed by atoms with E-state index in [1.54, 1.807) is 12.1 Å². The standard InChI is InChI=1S/C29H33FN4O3S/c1-2-3-16-34(27(35)22-7-4-5-8-23(22)30)29-32-31-26(38-29)20-13-10-19(11-14-20)12-15-21-18-25(28(36)37)33-17-6-9-24(21)33/h4-5,7-8,10-11,13-14,21,24-25H,2-3,6,9,12,15-18H2,1H3,(H,36,37). The van der Waals surface area contributed by atoms with Crippen molar-refractivity contribution in [3.63, 3.8) is 0 Å². The normalized spacial score (nSPS) is 20.9. The number of aromatic nitrogens is 2. The third-order valence-electron chi connectivity index (χ3n) is 7.83. The first-order valence-corrected chi connectivity index (χ1v) is 14.3. The number of anilines is 1. The molecular formula is C29H33FN4O3S. The number of halogens is 1. The molecule has 2 fully saturated rings. The number of nitrogens with zero attached hydrogens (tertiary/aromatic N) is 4.